The number of thiocarbonyl (C=S) groups is 1. The molecule has 0 aliphatic carbocycles. The number of carbonyl (C=O) groups excluding carboxylic acids is 1. The van der Waals surface area contributed by atoms with Crippen LogP contribution >= 0.6 is 24.0 Å². The molecule has 25 heavy (non-hydrogen) atoms. The number of para-hydroxylation sites is 1. The van der Waals surface area contributed by atoms with Crippen molar-refractivity contribution in [1.29, 1.82) is 0 Å². The number of ether oxygens (including phenoxy) is 1. The first kappa shape index (κ1) is 19.4. The van der Waals surface area contributed by atoms with Crippen LogP contribution in [0.3, 0.4) is 0 Å². The van der Waals surface area contributed by atoms with Gasteiger partial charge in [-0.3, -0.25) is 14.2 Å². The Morgan fingerprint density at radius 3 is 2.68 bits per heavy atom. The van der Waals surface area contributed by atoms with Crippen LogP contribution in [0.4, 0.5) is 0 Å². The molecule has 0 aromatic heterocycles. The second-order valence-corrected chi connectivity index (χ2v) is 8.09. The molecule has 0 saturated carbocycles. The molecule has 134 valence electrons. The molecular formula is C14H13NO7S3. The van der Waals surface area contributed by atoms with E-state index in [1.807, 2.05) is 0 Å². The van der Waals surface area contributed by atoms with Crippen LogP contribution < -0.4 is 4.74 Å². The number of nitrogens with zero attached hydrogens (tertiary/aromatic N) is 1. The Hall–Kier alpha value is -1.95. The molecule has 0 unspecified atom stereocenters. The second-order valence-electron chi connectivity index (χ2n) is 4.84. The lowest BCUT2D eigenvalue weighted by Gasteiger charge is -2.12. The monoisotopic (exact) mass is 403 g/mol. The van der Waals surface area contributed by atoms with Crippen molar-refractivity contribution >= 4 is 56.4 Å². The standard InChI is InChI=1S/C14H13NO7S3/c16-12(17)8-22-10-4-2-1-3-9(10)7-11-13(18)15(14(23)24-11)5-6-25(19,20)21/h1-4,7H,5-6,8H2,(H,16,17)(H,19,20,21)/b11-7-. The Labute approximate surface area is 153 Å². The summed E-state index contributed by atoms with van der Waals surface area (Å²) in [5.74, 6) is -1.96. The number of carboxylic acids is 1. The molecule has 1 amide bonds. The van der Waals surface area contributed by atoms with E-state index in [1.165, 1.54) is 6.08 Å². The predicted molar refractivity (Wildman–Crippen MR) is 95.9 cm³/mol. The quantitative estimate of drug-likeness (QED) is 0.393. The van der Waals surface area contributed by atoms with Gasteiger partial charge in [0.15, 0.2) is 6.61 Å². The Morgan fingerprint density at radius 2 is 2.04 bits per heavy atom. The number of carboxylic acid groups (broad SMARTS) is 1. The molecule has 11 heteroatoms. The van der Waals surface area contributed by atoms with E-state index in [2.05, 4.69) is 0 Å². The minimum absolute atomic E-state index is 0.170. The van der Waals surface area contributed by atoms with Crippen LogP contribution in [0.25, 0.3) is 6.08 Å². The summed E-state index contributed by atoms with van der Waals surface area (Å²) >= 11 is 6.04. The normalized spacial score (nSPS) is 16.5. The molecule has 1 aromatic rings. The fraction of sp³-hybridized carbons (Fsp3) is 0.214. The molecule has 1 heterocycles. The largest absolute Gasteiger partial charge is 0.481 e. The molecule has 2 rings (SSSR count). The lowest BCUT2D eigenvalue weighted by atomic mass is 10.2. The van der Waals surface area contributed by atoms with Gasteiger partial charge in [0.1, 0.15) is 10.1 Å². The highest BCUT2D eigenvalue weighted by Gasteiger charge is 2.32. The van der Waals surface area contributed by atoms with Gasteiger partial charge >= 0.3 is 5.97 Å². The van der Waals surface area contributed by atoms with Crippen LogP contribution in [-0.2, 0) is 19.7 Å². The smallest absolute Gasteiger partial charge is 0.341 e. The number of hydrogen-bond acceptors (Lipinski definition) is 7. The van der Waals surface area contributed by atoms with E-state index in [1.54, 1.807) is 24.3 Å². The van der Waals surface area contributed by atoms with Crippen LogP contribution in [0.5, 0.6) is 5.75 Å². The van der Waals surface area contributed by atoms with Crippen LogP contribution in [-0.4, -0.2) is 58.1 Å². The van der Waals surface area contributed by atoms with E-state index >= 15 is 0 Å². The summed E-state index contributed by atoms with van der Waals surface area (Å²) in [4.78, 5) is 24.3. The Balaban J connectivity index is 2.20. The zero-order chi connectivity index (χ0) is 18.6. The number of aliphatic carboxylic acids is 1. The van der Waals surface area contributed by atoms with Crippen molar-refractivity contribution in [3.05, 3.63) is 34.7 Å². The average Bonchev–Trinajstić information content (AvgIpc) is 2.77. The summed E-state index contributed by atoms with van der Waals surface area (Å²) in [6, 6.07) is 6.56. The highest BCUT2D eigenvalue weighted by atomic mass is 32.2. The summed E-state index contributed by atoms with van der Waals surface area (Å²) in [5, 5.41) is 8.69. The summed E-state index contributed by atoms with van der Waals surface area (Å²) in [6.07, 6.45) is 1.49. The van der Waals surface area contributed by atoms with Gasteiger partial charge in [-0.05, 0) is 12.1 Å². The Kier molecular flexibility index (Phi) is 6.16. The van der Waals surface area contributed by atoms with Crippen LogP contribution in [0.15, 0.2) is 29.2 Å². The Morgan fingerprint density at radius 1 is 1.36 bits per heavy atom. The van der Waals surface area contributed by atoms with Crippen molar-refractivity contribution < 1.29 is 32.4 Å². The van der Waals surface area contributed by atoms with E-state index in [0.717, 1.165) is 16.7 Å². The topological polar surface area (TPSA) is 121 Å². The van der Waals surface area contributed by atoms with Gasteiger partial charge < -0.3 is 9.84 Å². The first-order valence-electron chi connectivity index (χ1n) is 6.81. The maximum Gasteiger partial charge on any atom is 0.341 e. The van der Waals surface area contributed by atoms with Gasteiger partial charge in [0.05, 0.1) is 10.7 Å². The van der Waals surface area contributed by atoms with Gasteiger partial charge in [-0.2, -0.15) is 8.42 Å². The minimum atomic E-state index is -4.21. The van der Waals surface area contributed by atoms with Crippen molar-refractivity contribution in [3.8, 4) is 5.75 Å². The van der Waals surface area contributed by atoms with Crippen LogP contribution in [0.1, 0.15) is 5.56 Å². The van der Waals surface area contributed by atoms with E-state index in [-0.39, 0.29) is 21.5 Å². The lowest BCUT2D eigenvalue weighted by Crippen LogP contribution is -2.32. The van der Waals surface area contributed by atoms with Gasteiger partial charge in [0, 0.05) is 12.1 Å². The number of benzene rings is 1. The molecule has 1 aliphatic rings. The molecule has 0 atom stereocenters. The number of hydrogen-bond donors (Lipinski definition) is 2. The van der Waals surface area contributed by atoms with E-state index in [0.29, 0.717) is 5.56 Å². The summed E-state index contributed by atoms with van der Waals surface area (Å²) in [5.41, 5.74) is 0.485. The van der Waals surface area contributed by atoms with E-state index < -0.39 is 34.4 Å². The maximum atomic E-state index is 12.4. The molecule has 0 radical (unpaired) electrons. The Bertz CT molecular complexity index is 848. The molecule has 2 N–H and O–H groups in total. The van der Waals surface area contributed by atoms with Crippen molar-refractivity contribution in [2.45, 2.75) is 0 Å². The van der Waals surface area contributed by atoms with Gasteiger partial charge in [-0.25, -0.2) is 4.79 Å². The molecule has 1 aromatic carbocycles. The third-order valence-electron chi connectivity index (χ3n) is 3.00. The zero-order valence-corrected chi connectivity index (χ0v) is 15.1. The van der Waals surface area contributed by atoms with Crippen molar-refractivity contribution in [3.63, 3.8) is 0 Å². The number of rotatable bonds is 7. The minimum Gasteiger partial charge on any atom is -0.481 e. The molecule has 1 fully saturated rings. The molecule has 8 nitrogen and oxygen atoms in total. The van der Waals surface area contributed by atoms with Crippen LogP contribution in [0.2, 0.25) is 0 Å². The summed E-state index contributed by atoms with van der Waals surface area (Å²) in [7, 11) is -4.21. The highest BCUT2D eigenvalue weighted by Crippen LogP contribution is 2.34. The van der Waals surface area contributed by atoms with Crippen LogP contribution in [0, 0.1) is 0 Å². The van der Waals surface area contributed by atoms with Gasteiger partial charge in [-0.1, -0.05) is 42.2 Å². The highest BCUT2D eigenvalue weighted by molar-refractivity contribution is 8.26. The van der Waals surface area contributed by atoms with Crippen molar-refractivity contribution in [2.75, 3.05) is 18.9 Å². The maximum absolute atomic E-state index is 12.4. The fourth-order valence-electron chi connectivity index (χ4n) is 1.91. The molecule has 0 spiro atoms. The summed E-state index contributed by atoms with van der Waals surface area (Å²) < 4.78 is 35.8. The summed E-state index contributed by atoms with van der Waals surface area (Å²) in [6.45, 7) is -0.780. The number of amides is 1. The van der Waals surface area contributed by atoms with Gasteiger partial charge in [-0.15, -0.1) is 0 Å². The first-order chi connectivity index (χ1) is 11.7. The zero-order valence-electron chi connectivity index (χ0n) is 12.6. The van der Waals surface area contributed by atoms with Crippen molar-refractivity contribution in [2.24, 2.45) is 0 Å². The molecule has 1 aliphatic heterocycles. The SMILES string of the molecule is O=C(O)COc1ccccc1/C=C1\SC(=S)N(CCS(=O)(=O)O)C1=O. The van der Waals surface area contributed by atoms with Gasteiger partial charge in [0.2, 0.25) is 0 Å². The first-order valence-corrected chi connectivity index (χ1v) is 9.65. The lowest BCUT2D eigenvalue weighted by molar-refractivity contribution is -0.139. The third kappa shape index (κ3) is 5.53. The fourth-order valence-corrected chi connectivity index (χ4v) is 3.62. The second kappa shape index (κ2) is 7.95. The number of carbonyl (C=O) groups is 2. The third-order valence-corrected chi connectivity index (χ3v) is 5.08. The predicted octanol–water partition coefficient (Wildman–Crippen LogP) is 1.24. The molecular weight excluding hydrogens is 390 g/mol. The van der Waals surface area contributed by atoms with E-state index in [4.69, 9.17) is 26.6 Å². The molecule has 0 bridgehead atoms. The average molecular weight is 403 g/mol. The molecule has 1 saturated heterocycles. The van der Waals surface area contributed by atoms with Gasteiger partial charge in [0.25, 0.3) is 16.0 Å². The number of thioether (sulfide) groups is 1. The van der Waals surface area contributed by atoms with Crippen molar-refractivity contribution in [1.82, 2.24) is 4.90 Å². The van der Waals surface area contributed by atoms with E-state index in [9.17, 15) is 18.0 Å².